The molecule has 1 aromatic carbocycles. The van der Waals surface area contributed by atoms with E-state index in [0.29, 0.717) is 5.56 Å². The predicted molar refractivity (Wildman–Crippen MR) is 75.6 cm³/mol. The lowest BCUT2D eigenvalue weighted by atomic mass is 10.1. The SMILES string of the molecule is Cc1cc(Br)ccc1-c1nnc2ccc(C#N)cn12. The number of nitrogens with zero attached hydrogens (tertiary/aromatic N) is 4. The molecule has 0 aliphatic heterocycles. The van der Waals surface area contributed by atoms with Crippen molar-refractivity contribution in [3.05, 3.63) is 52.1 Å². The smallest absolute Gasteiger partial charge is 0.168 e. The van der Waals surface area contributed by atoms with Crippen LogP contribution in [0.15, 0.2) is 41.0 Å². The normalized spacial score (nSPS) is 10.6. The van der Waals surface area contributed by atoms with Crippen LogP contribution in [0.3, 0.4) is 0 Å². The van der Waals surface area contributed by atoms with E-state index < -0.39 is 0 Å². The van der Waals surface area contributed by atoms with Crippen LogP contribution in [0, 0.1) is 18.3 Å². The molecular formula is C14H9BrN4. The number of hydrogen-bond acceptors (Lipinski definition) is 3. The molecular weight excluding hydrogens is 304 g/mol. The summed E-state index contributed by atoms with van der Waals surface area (Å²) in [6.45, 7) is 2.02. The van der Waals surface area contributed by atoms with Crippen molar-refractivity contribution in [1.82, 2.24) is 14.6 Å². The first kappa shape index (κ1) is 11.9. The van der Waals surface area contributed by atoms with Gasteiger partial charge >= 0.3 is 0 Å². The molecule has 3 aromatic rings. The number of fused-ring (bicyclic) bond motifs is 1. The summed E-state index contributed by atoms with van der Waals surface area (Å²) < 4.78 is 2.87. The molecule has 4 nitrogen and oxygen atoms in total. The van der Waals surface area contributed by atoms with Gasteiger partial charge in [0.15, 0.2) is 11.5 Å². The fourth-order valence-corrected chi connectivity index (χ4v) is 2.49. The third-order valence-electron chi connectivity index (χ3n) is 2.96. The van der Waals surface area contributed by atoms with Gasteiger partial charge in [0.2, 0.25) is 0 Å². The summed E-state index contributed by atoms with van der Waals surface area (Å²) in [6.07, 6.45) is 1.76. The van der Waals surface area contributed by atoms with Gasteiger partial charge in [-0.2, -0.15) is 5.26 Å². The van der Waals surface area contributed by atoms with E-state index in [4.69, 9.17) is 5.26 Å². The van der Waals surface area contributed by atoms with Crippen LogP contribution in [0.2, 0.25) is 0 Å². The molecule has 2 aromatic heterocycles. The summed E-state index contributed by atoms with van der Waals surface area (Å²) in [4.78, 5) is 0. The Morgan fingerprint density at radius 1 is 1.21 bits per heavy atom. The van der Waals surface area contributed by atoms with Crippen LogP contribution >= 0.6 is 15.9 Å². The Hall–Kier alpha value is -2.19. The van der Waals surface area contributed by atoms with Gasteiger partial charge in [0, 0.05) is 16.2 Å². The Morgan fingerprint density at radius 3 is 2.79 bits per heavy atom. The van der Waals surface area contributed by atoms with Gasteiger partial charge in [-0.1, -0.05) is 15.9 Å². The lowest BCUT2D eigenvalue weighted by Crippen LogP contribution is -1.92. The van der Waals surface area contributed by atoms with Gasteiger partial charge < -0.3 is 0 Å². The molecule has 0 unspecified atom stereocenters. The van der Waals surface area contributed by atoms with Crippen LogP contribution < -0.4 is 0 Å². The molecule has 0 aliphatic carbocycles. The van der Waals surface area contributed by atoms with Gasteiger partial charge in [-0.25, -0.2) is 0 Å². The number of aryl methyl sites for hydroxylation is 1. The average Bonchev–Trinajstić information content (AvgIpc) is 2.81. The molecule has 0 amide bonds. The summed E-state index contributed by atoms with van der Waals surface area (Å²) in [6, 6.07) is 11.7. The third-order valence-corrected chi connectivity index (χ3v) is 3.45. The summed E-state index contributed by atoms with van der Waals surface area (Å²) in [5.41, 5.74) is 3.43. The summed E-state index contributed by atoms with van der Waals surface area (Å²) in [5.74, 6) is 0.747. The average molecular weight is 313 g/mol. The summed E-state index contributed by atoms with van der Waals surface area (Å²) in [5, 5.41) is 17.3. The molecule has 0 atom stereocenters. The lowest BCUT2D eigenvalue weighted by Gasteiger charge is -2.04. The Balaban J connectivity index is 2.28. The number of halogens is 1. The van der Waals surface area contributed by atoms with E-state index in [0.717, 1.165) is 27.1 Å². The maximum Gasteiger partial charge on any atom is 0.168 e. The molecule has 5 heteroatoms. The van der Waals surface area contributed by atoms with Gasteiger partial charge in [-0.3, -0.25) is 4.40 Å². The monoisotopic (exact) mass is 312 g/mol. The first-order chi connectivity index (χ1) is 9.19. The molecule has 0 radical (unpaired) electrons. The second-order valence-corrected chi connectivity index (χ2v) is 5.16. The van der Waals surface area contributed by atoms with Crippen molar-refractivity contribution in [3.63, 3.8) is 0 Å². The van der Waals surface area contributed by atoms with Crippen LogP contribution in [-0.2, 0) is 0 Å². The molecule has 0 saturated heterocycles. The highest BCUT2D eigenvalue weighted by Crippen LogP contribution is 2.25. The fraction of sp³-hybridized carbons (Fsp3) is 0.0714. The Kier molecular flexibility index (Phi) is 2.80. The van der Waals surface area contributed by atoms with Crippen LogP contribution in [0.25, 0.3) is 17.0 Å². The van der Waals surface area contributed by atoms with Crippen molar-refractivity contribution in [2.24, 2.45) is 0 Å². The van der Waals surface area contributed by atoms with Crippen molar-refractivity contribution in [2.75, 3.05) is 0 Å². The number of nitriles is 1. The van der Waals surface area contributed by atoms with E-state index in [1.54, 1.807) is 18.3 Å². The number of hydrogen-bond donors (Lipinski definition) is 0. The van der Waals surface area contributed by atoms with Crippen molar-refractivity contribution in [2.45, 2.75) is 6.92 Å². The Bertz CT molecular complexity index is 814. The molecule has 0 saturated carbocycles. The van der Waals surface area contributed by atoms with Crippen molar-refractivity contribution >= 4 is 21.6 Å². The molecule has 0 fully saturated rings. The van der Waals surface area contributed by atoms with E-state index in [2.05, 4.69) is 32.2 Å². The lowest BCUT2D eigenvalue weighted by molar-refractivity contribution is 1.10. The number of rotatable bonds is 1. The number of aromatic nitrogens is 3. The van der Waals surface area contributed by atoms with Crippen molar-refractivity contribution in [1.29, 1.82) is 5.26 Å². The van der Waals surface area contributed by atoms with Gasteiger partial charge in [-0.05, 0) is 42.8 Å². The first-order valence-corrected chi connectivity index (χ1v) is 6.50. The Labute approximate surface area is 118 Å². The molecule has 3 rings (SSSR count). The van der Waals surface area contributed by atoms with Crippen molar-refractivity contribution < 1.29 is 0 Å². The van der Waals surface area contributed by atoms with Crippen LogP contribution in [0.4, 0.5) is 0 Å². The molecule has 92 valence electrons. The minimum atomic E-state index is 0.586. The highest BCUT2D eigenvalue weighted by Gasteiger charge is 2.11. The van der Waals surface area contributed by atoms with E-state index >= 15 is 0 Å². The highest BCUT2D eigenvalue weighted by molar-refractivity contribution is 9.10. The molecule has 0 aliphatic rings. The summed E-state index contributed by atoms with van der Waals surface area (Å²) in [7, 11) is 0. The van der Waals surface area contributed by atoms with Crippen LogP contribution in [0.5, 0.6) is 0 Å². The molecule has 0 N–H and O–H groups in total. The maximum absolute atomic E-state index is 8.98. The largest absolute Gasteiger partial charge is 0.281 e. The Morgan fingerprint density at radius 2 is 2.05 bits per heavy atom. The zero-order valence-electron chi connectivity index (χ0n) is 10.1. The quantitative estimate of drug-likeness (QED) is 0.692. The van der Waals surface area contributed by atoms with Gasteiger partial charge in [0.1, 0.15) is 6.07 Å². The minimum absolute atomic E-state index is 0.586. The zero-order chi connectivity index (χ0) is 13.4. The van der Waals surface area contributed by atoms with Gasteiger partial charge in [0.25, 0.3) is 0 Å². The van der Waals surface area contributed by atoms with E-state index in [1.807, 2.05) is 29.5 Å². The minimum Gasteiger partial charge on any atom is -0.281 e. The van der Waals surface area contributed by atoms with E-state index in [-0.39, 0.29) is 0 Å². The topological polar surface area (TPSA) is 54.0 Å². The van der Waals surface area contributed by atoms with Gasteiger partial charge in [-0.15, -0.1) is 10.2 Å². The second kappa shape index (κ2) is 4.48. The zero-order valence-corrected chi connectivity index (χ0v) is 11.7. The first-order valence-electron chi connectivity index (χ1n) is 5.70. The number of pyridine rings is 1. The number of benzene rings is 1. The van der Waals surface area contributed by atoms with E-state index in [1.165, 1.54) is 0 Å². The molecule has 2 heterocycles. The van der Waals surface area contributed by atoms with E-state index in [9.17, 15) is 0 Å². The molecule has 0 bridgehead atoms. The molecule has 19 heavy (non-hydrogen) atoms. The third kappa shape index (κ3) is 2.00. The maximum atomic E-state index is 8.98. The van der Waals surface area contributed by atoms with Crippen molar-refractivity contribution in [3.8, 4) is 17.5 Å². The van der Waals surface area contributed by atoms with Crippen LogP contribution in [-0.4, -0.2) is 14.6 Å². The van der Waals surface area contributed by atoms with Gasteiger partial charge in [0.05, 0.1) is 5.56 Å². The fourth-order valence-electron chi connectivity index (χ4n) is 2.02. The molecule has 0 spiro atoms. The van der Waals surface area contributed by atoms with Crippen LogP contribution in [0.1, 0.15) is 11.1 Å². The highest BCUT2D eigenvalue weighted by atomic mass is 79.9. The predicted octanol–water partition coefficient (Wildman–Crippen LogP) is 3.34. The second-order valence-electron chi connectivity index (χ2n) is 4.24. The standard InChI is InChI=1S/C14H9BrN4/c1-9-6-11(15)3-4-12(9)14-18-17-13-5-2-10(7-16)8-19(13)14/h2-6,8H,1H3. The summed E-state index contributed by atoms with van der Waals surface area (Å²) >= 11 is 3.45.